The molecule has 1 radical (unpaired) electrons. The third-order valence-corrected chi connectivity index (χ3v) is 2.03. The highest BCUT2D eigenvalue weighted by molar-refractivity contribution is 4.67. The van der Waals surface area contributed by atoms with Crippen molar-refractivity contribution in [2.24, 2.45) is 11.8 Å². The fourth-order valence-corrected chi connectivity index (χ4v) is 1.50. The molecule has 1 heteroatoms. The molecule has 1 saturated heterocycles. The lowest BCUT2D eigenvalue weighted by molar-refractivity contribution is 0.439. The first-order valence-corrected chi connectivity index (χ1v) is 3.92. The van der Waals surface area contributed by atoms with Crippen LogP contribution in [0.15, 0.2) is 0 Å². The average molecular weight is 126 g/mol. The van der Waals surface area contributed by atoms with E-state index in [0.29, 0.717) is 0 Å². The third kappa shape index (κ3) is 2.35. The minimum atomic E-state index is 0.836. The molecule has 0 amide bonds. The van der Waals surface area contributed by atoms with E-state index in [2.05, 4.69) is 19.2 Å². The van der Waals surface area contributed by atoms with Crippen molar-refractivity contribution in [3.8, 4) is 0 Å². The first kappa shape index (κ1) is 7.07. The van der Waals surface area contributed by atoms with Gasteiger partial charge in [0.15, 0.2) is 0 Å². The van der Waals surface area contributed by atoms with E-state index in [-0.39, 0.29) is 0 Å². The molecule has 1 rings (SSSR count). The quantitative estimate of drug-likeness (QED) is 0.468. The van der Waals surface area contributed by atoms with Crippen LogP contribution in [0.3, 0.4) is 0 Å². The molecule has 0 aliphatic carbocycles. The lowest BCUT2D eigenvalue weighted by Crippen LogP contribution is -2.10. The van der Waals surface area contributed by atoms with E-state index >= 15 is 0 Å². The third-order valence-electron chi connectivity index (χ3n) is 2.03. The largest absolute Gasteiger partial charge is 0.242 e. The molecule has 1 nitrogen and oxygen atoms in total. The molecule has 1 fully saturated rings. The number of nitrogens with zero attached hydrogens (tertiary/aromatic N) is 1. The van der Waals surface area contributed by atoms with Gasteiger partial charge in [-0.3, -0.25) is 0 Å². The van der Waals surface area contributed by atoms with Crippen LogP contribution in [0.5, 0.6) is 0 Å². The molecule has 0 spiro atoms. The highest BCUT2D eigenvalue weighted by atomic mass is 14.9. The zero-order valence-electron chi connectivity index (χ0n) is 6.43. The molecule has 53 valence electrons. The van der Waals surface area contributed by atoms with Crippen LogP contribution in [0.2, 0.25) is 0 Å². The van der Waals surface area contributed by atoms with Gasteiger partial charge in [-0.1, -0.05) is 13.8 Å². The Labute approximate surface area is 57.8 Å². The van der Waals surface area contributed by atoms with Crippen molar-refractivity contribution in [3.63, 3.8) is 0 Å². The van der Waals surface area contributed by atoms with Gasteiger partial charge in [-0.2, -0.15) is 0 Å². The Morgan fingerprint density at radius 1 is 1.22 bits per heavy atom. The van der Waals surface area contributed by atoms with Crippen LogP contribution in [-0.2, 0) is 0 Å². The van der Waals surface area contributed by atoms with E-state index in [0.717, 1.165) is 24.9 Å². The summed E-state index contributed by atoms with van der Waals surface area (Å²) >= 11 is 0. The van der Waals surface area contributed by atoms with Crippen molar-refractivity contribution in [3.05, 3.63) is 0 Å². The lowest BCUT2D eigenvalue weighted by atomic mass is 9.97. The summed E-state index contributed by atoms with van der Waals surface area (Å²) in [6.07, 6.45) is 2.69. The standard InChI is InChI=1S/C8H16N/c1-7-3-4-9-6-8(2)5-7/h7-8H,3-6H2,1-2H3. The van der Waals surface area contributed by atoms with Gasteiger partial charge in [-0.15, -0.1) is 0 Å². The zero-order chi connectivity index (χ0) is 6.69. The molecule has 1 aliphatic rings. The minimum Gasteiger partial charge on any atom is -0.242 e. The zero-order valence-corrected chi connectivity index (χ0v) is 6.43. The van der Waals surface area contributed by atoms with E-state index in [1.54, 1.807) is 0 Å². The molecule has 2 atom stereocenters. The van der Waals surface area contributed by atoms with Crippen molar-refractivity contribution in [2.75, 3.05) is 13.1 Å². The van der Waals surface area contributed by atoms with Gasteiger partial charge in [0.1, 0.15) is 0 Å². The second-order valence-electron chi connectivity index (χ2n) is 3.36. The summed E-state index contributed by atoms with van der Waals surface area (Å²) in [7, 11) is 0. The molecule has 1 aliphatic heterocycles. The number of hydrogen-bond acceptors (Lipinski definition) is 0. The average Bonchev–Trinajstić information content (AvgIpc) is 1.93. The molecule has 0 aromatic rings. The molecular weight excluding hydrogens is 110 g/mol. The van der Waals surface area contributed by atoms with Gasteiger partial charge in [0.25, 0.3) is 0 Å². The molecule has 0 saturated carbocycles. The SMILES string of the molecule is CC1CC[N]CC(C)C1. The van der Waals surface area contributed by atoms with Crippen LogP contribution < -0.4 is 5.32 Å². The Morgan fingerprint density at radius 3 is 2.78 bits per heavy atom. The fraction of sp³-hybridized carbons (Fsp3) is 1.00. The second-order valence-corrected chi connectivity index (χ2v) is 3.36. The molecule has 0 bridgehead atoms. The predicted octanol–water partition coefficient (Wildman–Crippen LogP) is 1.66. The predicted molar refractivity (Wildman–Crippen MR) is 39.4 cm³/mol. The van der Waals surface area contributed by atoms with Gasteiger partial charge in [0.05, 0.1) is 0 Å². The minimum absolute atomic E-state index is 0.836. The van der Waals surface area contributed by atoms with Crippen LogP contribution in [0.4, 0.5) is 0 Å². The van der Waals surface area contributed by atoms with E-state index in [9.17, 15) is 0 Å². The lowest BCUT2D eigenvalue weighted by Gasteiger charge is -2.09. The highest BCUT2D eigenvalue weighted by Crippen LogP contribution is 2.16. The van der Waals surface area contributed by atoms with Gasteiger partial charge < -0.3 is 0 Å². The van der Waals surface area contributed by atoms with E-state index in [4.69, 9.17) is 0 Å². The van der Waals surface area contributed by atoms with Crippen LogP contribution in [0.1, 0.15) is 26.7 Å². The summed E-state index contributed by atoms with van der Waals surface area (Å²) < 4.78 is 0. The Hall–Kier alpha value is -0.0400. The Balaban J connectivity index is 2.29. The number of hydrogen-bond donors (Lipinski definition) is 0. The summed E-state index contributed by atoms with van der Waals surface area (Å²) in [5.41, 5.74) is 0. The maximum Gasteiger partial charge on any atom is 0.0159 e. The topological polar surface area (TPSA) is 14.1 Å². The molecule has 0 aromatic heterocycles. The molecule has 0 N–H and O–H groups in total. The first-order chi connectivity index (χ1) is 4.29. The maximum atomic E-state index is 4.40. The summed E-state index contributed by atoms with van der Waals surface area (Å²) in [6, 6.07) is 0. The van der Waals surface area contributed by atoms with Gasteiger partial charge in [-0.05, 0) is 24.7 Å². The molecule has 2 unspecified atom stereocenters. The van der Waals surface area contributed by atoms with Crippen molar-refractivity contribution < 1.29 is 0 Å². The fourth-order valence-electron chi connectivity index (χ4n) is 1.50. The van der Waals surface area contributed by atoms with E-state index in [1.165, 1.54) is 12.8 Å². The van der Waals surface area contributed by atoms with Crippen molar-refractivity contribution in [1.29, 1.82) is 0 Å². The number of rotatable bonds is 0. The smallest absolute Gasteiger partial charge is 0.0159 e. The summed E-state index contributed by atoms with van der Waals surface area (Å²) in [5, 5.41) is 4.40. The van der Waals surface area contributed by atoms with Crippen LogP contribution in [0, 0.1) is 11.8 Å². The first-order valence-electron chi connectivity index (χ1n) is 3.92. The van der Waals surface area contributed by atoms with Crippen molar-refractivity contribution in [2.45, 2.75) is 26.7 Å². The second kappa shape index (κ2) is 3.21. The van der Waals surface area contributed by atoms with Gasteiger partial charge in [0, 0.05) is 13.1 Å². The Morgan fingerprint density at radius 2 is 2.00 bits per heavy atom. The van der Waals surface area contributed by atoms with Gasteiger partial charge >= 0.3 is 0 Å². The maximum absolute atomic E-state index is 4.40. The van der Waals surface area contributed by atoms with Crippen molar-refractivity contribution >= 4 is 0 Å². The van der Waals surface area contributed by atoms with Crippen LogP contribution in [-0.4, -0.2) is 13.1 Å². The molecule has 0 aromatic carbocycles. The highest BCUT2D eigenvalue weighted by Gasteiger charge is 2.12. The molecular formula is C8H16N. The normalized spacial score (nSPS) is 38.0. The van der Waals surface area contributed by atoms with Gasteiger partial charge in [-0.25, -0.2) is 5.32 Å². The summed E-state index contributed by atoms with van der Waals surface area (Å²) in [6.45, 7) is 6.83. The Bertz CT molecular complexity index is 70.6. The van der Waals surface area contributed by atoms with Gasteiger partial charge in [0.2, 0.25) is 0 Å². The van der Waals surface area contributed by atoms with E-state index < -0.39 is 0 Å². The monoisotopic (exact) mass is 126 g/mol. The van der Waals surface area contributed by atoms with E-state index in [1.807, 2.05) is 0 Å². The molecule has 1 heterocycles. The Kier molecular flexibility index (Phi) is 2.52. The van der Waals surface area contributed by atoms with Crippen molar-refractivity contribution in [1.82, 2.24) is 5.32 Å². The molecule has 9 heavy (non-hydrogen) atoms. The van der Waals surface area contributed by atoms with Crippen LogP contribution in [0.25, 0.3) is 0 Å². The summed E-state index contributed by atoms with van der Waals surface area (Å²) in [5.74, 6) is 1.74. The summed E-state index contributed by atoms with van der Waals surface area (Å²) in [4.78, 5) is 0. The van der Waals surface area contributed by atoms with Crippen LogP contribution >= 0.6 is 0 Å².